The highest BCUT2D eigenvalue weighted by atomic mass is 32.2. The van der Waals surface area contributed by atoms with Crippen LogP contribution in [-0.2, 0) is 11.8 Å². The maximum atomic E-state index is 12.9. The molecule has 0 radical (unpaired) electrons. The van der Waals surface area contributed by atoms with Crippen LogP contribution in [0.1, 0.15) is 23.9 Å². The molecule has 0 fully saturated rings. The molecule has 7 heteroatoms. The van der Waals surface area contributed by atoms with E-state index in [4.69, 9.17) is 4.98 Å². The zero-order chi connectivity index (χ0) is 21.4. The summed E-state index contributed by atoms with van der Waals surface area (Å²) in [5, 5.41) is 7.88. The van der Waals surface area contributed by atoms with E-state index in [-0.39, 0.29) is 11.2 Å². The number of para-hydroxylation sites is 2. The van der Waals surface area contributed by atoms with E-state index in [1.54, 1.807) is 4.68 Å². The van der Waals surface area contributed by atoms with Crippen LogP contribution < -0.4 is 5.32 Å². The largest absolute Gasteiger partial charge is 0.322 e. The normalized spacial score (nSPS) is 12.3. The highest BCUT2D eigenvalue weighted by molar-refractivity contribution is 8.00. The number of aryl methyl sites for hydroxylation is 3. The van der Waals surface area contributed by atoms with Crippen molar-refractivity contribution in [3.63, 3.8) is 0 Å². The molecular formula is C23H25N5OS. The van der Waals surface area contributed by atoms with Crippen molar-refractivity contribution in [3.8, 4) is 5.69 Å². The number of fused-ring (bicyclic) bond motifs is 1. The van der Waals surface area contributed by atoms with Gasteiger partial charge in [0.25, 0.3) is 0 Å². The number of thioether (sulfide) groups is 1. The Bertz CT molecular complexity index is 1220. The molecule has 0 saturated carbocycles. The summed E-state index contributed by atoms with van der Waals surface area (Å²) < 4.78 is 3.89. The van der Waals surface area contributed by atoms with Crippen LogP contribution in [0.4, 0.5) is 5.69 Å². The zero-order valence-corrected chi connectivity index (χ0v) is 18.6. The maximum absolute atomic E-state index is 12.9. The molecule has 6 nitrogen and oxygen atoms in total. The minimum Gasteiger partial charge on any atom is -0.322 e. The third-order valence-electron chi connectivity index (χ3n) is 5.23. The van der Waals surface area contributed by atoms with E-state index in [2.05, 4.69) is 52.2 Å². The summed E-state index contributed by atoms with van der Waals surface area (Å²) in [5.41, 5.74) is 6.69. The van der Waals surface area contributed by atoms with Crippen molar-refractivity contribution in [2.24, 2.45) is 7.05 Å². The number of anilines is 1. The Balaban J connectivity index is 1.65. The lowest BCUT2D eigenvalue weighted by Gasteiger charge is -2.14. The minimum absolute atomic E-state index is 0.0679. The van der Waals surface area contributed by atoms with Gasteiger partial charge in [-0.05, 0) is 52.0 Å². The fourth-order valence-corrected chi connectivity index (χ4v) is 4.36. The average Bonchev–Trinajstić information content (AvgIpc) is 3.20. The second kappa shape index (κ2) is 7.99. The molecule has 0 aliphatic heterocycles. The van der Waals surface area contributed by atoms with Crippen LogP contribution >= 0.6 is 11.8 Å². The molecule has 1 amide bonds. The number of aromatic nitrogens is 4. The van der Waals surface area contributed by atoms with E-state index in [0.717, 1.165) is 39.0 Å². The predicted molar refractivity (Wildman–Crippen MR) is 122 cm³/mol. The number of carbonyl (C=O) groups is 1. The SMILES string of the molecule is Cc1ccc(-n2c(SC(C)C(=O)Nc3c(C)nn(C)c3C)nc3ccccc32)cc1. The Labute approximate surface area is 180 Å². The van der Waals surface area contributed by atoms with Gasteiger partial charge < -0.3 is 5.32 Å². The average molecular weight is 420 g/mol. The van der Waals surface area contributed by atoms with E-state index in [0.29, 0.717) is 0 Å². The van der Waals surface area contributed by atoms with Gasteiger partial charge in [-0.1, -0.05) is 41.6 Å². The highest BCUT2D eigenvalue weighted by Crippen LogP contribution is 2.31. The fraction of sp³-hybridized carbons (Fsp3) is 0.261. The minimum atomic E-state index is -0.329. The molecule has 2 heterocycles. The summed E-state index contributed by atoms with van der Waals surface area (Å²) >= 11 is 1.45. The van der Waals surface area contributed by atoms with Crippen LogP contribution in [-0.4, -0.2) is 30.5 Å². The van der Waals surface area contributed by atoms with Crippen LogP contribution in [0.2, 0.25) is 0 Å². The topological polar surface area (TPSA) is 64.7 Å². The van der Waals surface area contributed by atoms with Gasteiger partial charge >= 0.3 is 0 Å². The van der Waals surface area contributed by atoms with Crippen LogP contribution in [0.5, 0.6) is 0 Å². The number of imidazole rings is 1. The monoisotopic (exact) mass is 419 g/mol. The number of benzene rings is 2. The van der Waals surface area contributed by atoms with E-state index >= 15 is 0 Å². The smallest absolute Gasteiger partial charge is 0.237 e. The second-order valence-corrected chi connectivity index (χ2v) is 8.78. The van der Waals surface area contributed by atoms with Crippen LogP contribution in [0.15, 0.2) is 53.7 Å². The summed E-state index contributed by atoms with van der Waals surface area (Å²) in [5.74, 6) is -0.0679. The van der Waals surface area contributed by atoms with Crippen molar-refractivity contribution in [3.05, 3.63) is 65.5 Å². The lowest BCUT2D eigenvalue weighted by Crippen LogP contribution is -2.23. The molecule has 4 aromatic rings. The molecule has 30 heavy (non-hydrogen) atoms. The molecule has 1 N–H and O–H groups in total. The van der Waals surface area contributed by atoms with Crippen LogP contribution in [0, 0.1) is 20.8 Å². The van der Waals surface area contributed by atoms with Gasteiger partial charge in [0.2, 0.25) is 5.91 Å². The van der Waals surface area contributed by atoms with E-state index in [1.807, 2.05) is 46.0 Å². The van der Waals surface area contributed by atoms with Gasteiger partial charge in [-0.3, -0.25) is 14.0 Å². The van der Waals surface area contributed by atoms with Crippen molar-refractivity contribution in [2.45, 2.75) is 38.1 Å². The van der Waals surface area contributed by atoms with Crippen molar-refractivity contribution < 1.29 is 4.79 Å². The van der Waals surface area contributed by atoms with Crippen LogP contribution in [0.3, 0.4) is 0 Å². The Morgan fingerprint density at radius 3 is 2.43 bits per heavy atom. The Kier molecular flexibility index (Phi) is 5.39. The molecule has 1 unspecified atom stereocenters. The predicted octanol–water partition coefficient (Wildman–Crippen LogP) is 4.80. The first-order valence-electron chi connectivity index (χ1n) is 9.87. The van der Waals surface area contributed by atoms with Crippen LogP contribution in [0.25, 0.3) is 16.7 Å². The number of carbonyl (C=O) groups excluding carboxylic acids is 1. The fourth-order valence-electron chi connectivity index (χ4n) is 3.42. The number of hydrogen-bond acceptors (Lipinski definition) is 4. The number of hydrogen-bond donors (Lipinski definition) is 1. The summed E-state index contributed by atoms with van der Waals surface area (Å²) in [6.07, 6.45) is 0. The summed E-state index contributed by atoms with van der Waals surface area (Å²) in [6.45, 7) is 7.82. The molecular weight excluding hydrogens is 394 g/mol. The van der Waals surface area contributed by atoms with Gasteiger partial charge in [0.15, 0.2) is 5.16 Å². The molecule has 4 rings (SSSR count). The van der Waals surface area contributed by atoms with Gasteiger partial charge in [-0.15, -0.1) is 0 Å². The molecule has 0 aliphatic rings. The molecule has 0 saturated heterocycles. The lowest BCUT2D eigenvalue weighted by atomic mass is 10.2. The summed E-state index contributed by atoms with van der Waals surface area (Å²) in [7, 11) is 1.88. The molecule has 2 aromatic heterocycles. The third-order valence-corrected chi connectivity index (χ3v) is 6.28. The van der Waals surface area contributed by atoms with E-state index < -0.39 is 0 Å². The quantitative estimate of drug-likeness (QED) is 0.472. The highest BCUT2D eigenvalue weighted by Gasteiger charge is 2.22. The van der Waals surface area contributed by atoms with Gasteiger partial charge in [-0.2, -0.15) is 5.10 Å². The number of amides is 1. The first-order valence-corrected chi connectivity index (χ1v) is 10.8. The molecule has 0 aliphatic carbocycles. The first kappa shape index (κ1) is 20.2. The van der Waals surface area contributed by atoms with Crippen molar-refractivity contribution >= 4 is 34.4 Å². The van der Waals surface area contributed by atoms with Gasteiger partial charge in [0.05, 0.1) is 33.4 Å². The molecule has 154 valence electrons. The van der Waals surface area contributed by atoms with Gasteiger partial charge in [0.1, 0.15) is 0 Å². The molecule has 2 aromatic carbocycles. The molecule has 0 bridgehead atoms. The van der Waals surface area contributed by atoms with Gasteiger partial charge in [0, 0.05) is 12.7 Å². The first-order chi connectivity index (χ1) is 14.3. The Morgan fingerprint density at radius 2 is 1.77 bits per heavy atom. The van der Waals surface area contributed by atoms with E-state index in [1.165, 1.54) is 17.3 Å². The third kappa shape index (κ3) is 3.73. The number of nitrogens with one attached hydrogen (secondary N) is 1. The van der Waals surface area contributed by atoms with E-state index in [9.17, 15) is 4.79 Å². The summed E-state index contributed by atoms with van der Waals surface area (Å²) in [4.78, 5) is 17.7. The lowest BCUT2D eigenvalue weighted by molar-refractivity contribution is -0.115. The number of nitrogens with zero attached hydrogens (tertiary/aromatic N) is 4. The van der Waals surface area contributed by atoms with Gasteiger partial charge in [-0.25, -0.2) is 4.98 Å². The standard InChI is InChI=1S/C23H25N5OS/c1-14-10-12-18(13-11-14)28-20-9-7-6-8-19(20)24-23(28)30-17(4)22(29)25-21-15(2)26-27(5)16(21)3/h6-13,17H,1-5H3,(H,25,29). The Hall–Kier alpha value is -3.06. The molecule has 0 spiro atoms. The van der Waals surface area contributed by atoms with Crippen molar-refractivity contribution in [1.29, 1.82) is 0 Å². The Morgan fingerprint density at radius 1 is 1.07 bits per heavy atom. The zero-order valence-electron chi connectivity index (χ0n) is 17.8. The maximum Gasteiger partial charge on any atom is 0.237 e. The van der Waals surface area contributed by atoms with Crippen molar-refractivity contribution in [1.82, 2.24) is 19.3 Å². The summed E-state index contributed by atoms with van der Waals surface area (Å²) in [6, 6.07) is 16.4. The second-order valence-electron chi connectivity index (χ2n) is 7.47. The number of rotatable bonds is 5. The van der Waals surface area contributed by atoms with Crippen molar-refractivity contribution in [2.75, 3.05) is 5.32 Å². The molecule has 1 atom stereocenters.